The Bertz CT molecular complexity index is 908. The number of rotatable bonds is 1. The van der Waals surface area contributed by atoms with E-state index in [-0.39, 0.29) is 16.6 Å². The van der Waals surface area contributed by atoms with Crippen LogP contribution in [0.1, 0.15) is 54.2 Å². The number of carbonyl (C=O) groups excluding carboxylic acids is 1. The maximum absolute atomic E-state index is 13.1. The van der Waals surface area contributed by atoms with Gasteiger partial charge < -0.3 is 0 Å². The van der Waals surface area contributed by atoms with Crippen molar-refractivity contribution in [3.8, 4) is 0 Å². The van der Waals surface area contributed by atoms with E-state index in [4.69, 9.17) is 4.99 Å². The third kappa shape index (κ3) is 3.75. The number of hydrogen-bond acceptors (Lipinski definition) is 4. The summed E-state index contributed by atoms with van der Waals surface area (Å²) in [5.74, 6) is 0.760. The minimum absolute atomic E-state index is 0.118. The van der Waals surface area contributed by atoms with Crippen LogP contribution in [-0.4, -0.2) is 22.2 Å². The molecule has 3 rings (SSSR count). The SMILES string of the molecule is CC1=NC(=C2C=C(C(C)(C)C)C(=O)C(C(C)(C)C)=C2)N=C1c1ccccn1. The van der Waals surface area contributed by atoms with Crippen LogP contribution in [0.2, 0.25) is 0 Å². The van der Waals surface area contributed by atoms with Gasteiger partial charge in [0.05, 0.1) is 11.4 Å². The van der Waals surface area contributed by atoms with E-state index < -0.39 is 0 Å². The average Bonchev–Trinajstić information content (AvgIpc) is 2.95. The van der Waals surface area contributed by atoms with E-state index in [2.05, 4.69) is 51.5 Å². The van der Waals surface area contributed by atoms with E-state index >= 15 is 0 Å². The van der Waals surface area contributed by atoms with Gasteiger partial charge in [-0.2, -0.15) is 0 Å². The maximum Gasteiger partial charge on any atom is 0.186 e. The van der Waals surface area contributed by atoms with Gasteiger partial charge in [-0.05, 0) is 42.0 Å². The first kappa shape index (κ1) is 19.2. The summed E-state index contributed by atoms with van der Waals surface area (Å²) in [4.78, 5) is 26.9. The fourth-order valence-corrected chi connectivity index (χ4v) is 3.17. The van der Waals surface area contributed by atoms with Gasteiger partial charge in [0, 0.05) is 22.9 Å². The van der Waals surface area contributed by atoms with Crippen molar-refractivity contribution >= 4 is 17.2 Å². The van der Waals surface area contributed by atoms with Gasteiger partial charge in [0.2, 0.25) is 0 Å². The summed E-state index contributed by atoms with van der Waals surface area (Å²) in [6.07, 6.45) is 5.66. The molecule has 140 valence electrons. The number of nitrogens with zero attached hydrogens (tertiary/aromatic N) is 3. The Morgan fingerprint density at radius 3 is 1.93 bits per heavy atom. The summed E-state index contributed by atoms with van der Waals surface area (Å²) < 4.78 is 0. The van der Waals surface area contributed by atoms with Crippen molar-refractivity contribution in [1.29, 1.82) is 0 Å². The van der Waals surface area contributed by atoms with Crippen LogP contribution in [0.3, 0.4) is 0 Å². The van der Waals surface area contributed by atoms with Crippen LogP contribution in [0.5, 0.6) is 0 Å². The summed E-state index contributed by atoms with van der Waals surface area (Å²) in [5.41, 5.74) is 4.40. The highest BCUT2D eigenvalue weighted by Gasteiger charge is 2.35. The number of aliphatic imine (C=N–C) groups is 2. The zero-order valence-electron chi connectivity index (χ0n) is 17.2. The van der Waals surface area contributed by atoms with Gasteiger partial charge in [0.25, 0.3) is 0 Å². The molecule has 0 radical (unpaired) electrons. The molecule has 0 saturated carbocycles. The molecule has 4 heteroatoms. The van der Waals surface area contributed by atoms with E-state index in [1.54, 1.807) is 6.20 Å². The van der Waals surface area contributed by atoms with Gasteiger partial charge in [-0.15, -0.1) is 0 Å². The smallest absolute Gasteiger partial charge is 0.186 e. The van der Waals surface area contributed by atoms with Gasteiger partial charge in [-0.25, -0.2) is 9.98 Å². The molecule has 4 nitrogen and oxygen atoms in total. The molecule has 1 aromatic heterocycles. The predicted molar refractivity (Wildman–Crippen MR) is 111 cm³/mol. The zero-order chi connectivity index (χ0) is 20.0. The minimum Gasteiger partial charge on any atom is -0.289 e. The molecule has 1 aliphatic carbocycles. The van der Waals surface area contributed by atoms with Crippen molar-refractivity contribution in [3.63, 3.8) is 0 Å². The van der Waals surface area contributed by atoms with Gasteiger partial charge in [-0.3, -0.25) is 9.78 Å². The largest absolute Gasteiger partial charge is 0.289 e. The first-order valence-corrected chi connectivity index (χ1v) is 9.27. The lowest BCUT2D eigenvalue weighted by atomic mass is 9.72. The standard InChI is InChI=1S/C23H27N3O/c1-14-19(18-10-8-9-11-24-18)26-21(25-14)15-12-16(22(2,3)4)20(27)17(13-15)23(5,6)7/h8-13H,1-7H3. The molecule has 0 atom stereocenters. The van der Waals surface area contributed by atoms with Crippen LogP contribution in [-0.2, 0) is 4.79 Å². The van der Waals surface area contributed by atoms with E-state index in [0.29, 0.717) is 5.82 Å². The van der Waals surface area contributed by atoms with Gasteiger partial charge >= 0.3 is 0 Å². The van der Waals surface area contributed by atoms with Gasteiger partial charge in [0.15, 0.2) is 11.6 Å². The summed E-state index contributed by atoms with van der Waals surface area (Å²) in [6, 6.07) is 5.76. The van der Waals surface area contributed by atoms with Crippen LogP contribution in [0.25, 0.3) is 0 Å². The fourth-order valence-electron chi connectivity index (χ4n) is 3.17. The van der Waals surface area contributed by atoms with Gasteiger partial charge in [-0.1, -0.05) is 47.6 Å². The van der Waals surface area contributed by atoms with Crippen LogP contribution in [0.4, 0.5) is 0 Å². The average molecular weight is 361 g/mol. The van der Waals surface area contributed by atoms with Crippen molar-refractivity contribution in [2.24, 2.45) is 20.8 Å². The number of pyridine rings is 1. The number of ketones is 1. The maximum atomic E-state index is 13.1. The number of aromatic nitrogens is 1. The topological polar surface area (TPSA) is 54.7 Å². The number of allylic oxidation sites excluding steroid dienone is 5. The highest BCUT2D eigenvalue weighted by atomic mass is 16.1. The summed E-state index contributed by atoms with van der Waals surface area (Å²) in [7, 11) is 0. The third-order valence-corrected chi connectivity index (χ3v) is 4.70. The first-order chi connectivity index (χ1) is 12.5. The van der Waals surface area contributed by atoms with Crippen molar-refractivity contribution in [1.82, 2.24) is 4.98 Å². The molecule has 0 saturated heterocycles. The van der Waals surface area contributed by atoms with Crippen molar-refractivity contribution in [2.75, 3.05) is 0 Å². The molecule has 0 amide bonds. The van der Waals surface area contributed by atoms with Crippen LogP contribution in [0.15, 0.2) is 69.1 Å². The second kappa shape index (κ2) is 6.52. The zero-order valence-corrected chi connectivity index (χ0v) is 17.2. The van der Waals surface area contributed by atoms with Crippen LogP contribution < -0.4 is 0 Å². The predicted octanol–water partition coefficient (Wildman–Crippen LogP) is 5.08. The Morgan fingerprint density at radius 2 is 1.44 bits per heavy atom. The summed E-state index contributed by atoms with van der Waals surface area (Å²) >= 11 is 0. The molecule has 0 aromatic carbocycles. The molecule has 27 heavy (non-hydrogen) atoms. The molecule has 0 bridgehead atoms. The fraction of sp³-hybridized carbons (Fsp3) is 0.391. The van der Waals surface area contributed by atoms with Crippen molar-refractivity contribution < 1.29 is 4.79 Å². The van der Waals surface area contributed by atoms with Crippen molar-refractivity contribution in [2.45, 2.75) is 48.5 Å². The van der Waals surface area contributed by atoms with Gasteiger partial charge in [0.1, 0.15) is 5.71 Å². The second-order valence-corrected chi connectivity index (χ2v) is 9.10. The quantitative estimate of drug-likeness (QED) is 0.700. The van der Waals surface area contributed by atoms with Crippen molar-refractivity contribution in [3.05, 3.63) is 64.8 Å². The Balaban J connectivity index is 2.19. The Kier molecular flexibility index (Phi) is 4.62. The van der Waals surface area contributed by atoms with E-state index in [1.807, 2.05) is 37.3 Å². The molecular weight excluding hydrogens is 334 g/mol. The first-order valence-electron chi connectivity index (χ1n) is 9.27. The molecule has 2 heterocycles. The molecule has 0 fully saturated rings. The lowest BCUT2D eigenvalue weighted by Crippen LogP contribution is -2.28. The van der Waals surface area contributed by atoms with E-state index in [9.17, 15) is 4.79 Å². The van der Waals surface area contributed by atoms with Crippen LogP contribution in [0, 0.1) is 10.8 Å². The Labute approximate surface area is 161 Å². The second-order valence-electron chi connectivity index (χ2n) is 9.10. The number of Topliss-reactive ketones (excluding diaryl/α,β-unsaturated/α-hetero) is 1. The molecule has 0 unspecified atom stereocenters. The lowest BCUT2D eigenvalue weighted by molar-refractivity contribution is -0.114. The molecular formula is C23H27N3O. The summed E-state index contributed by atoms with van der Waals surface area (Å²) in [6.45, 7) is 14.3. The number of carbonyl (C=O) groups is 1. The molecule has 1 aromatic rings. The summed E-state index contributed by atoms with van der Waals surface area (Å²) in [5, 5.41) is 0. The highest BCUT2D eigenvalue weighted by molar-refractivity contribution is 6.48. The Morgan fingerprint density at radius 1 is 0.852 bits per heavy atom. The molecule has 2 aliphatic rings. The third-order valence-electron chi connectivity index (χ3n) is 4.70. The molecule has 0 N–H and O–H groups in total. The lowest BCUT2D eigenvalue weighted by Gasteiger charge is -2.31. The molecule has 0 spiro atoms. The number of hydrogen-bond donors (Lipinski definition) is 0. The Hall–Kier alpha value is -2.62. The highest BCUT2D eigenvalue weighted by Crippen LogP contribution is 2.40. The normalized spacial score (nSPS) is 18.3. The minimum atomic E-state index is -0.251. The van der Waals surface area contributed by atoms with E-state index in [0.717, 1.165) is 33.8 Å². The van der Waals surface area contributed by atoms with Crippen LogP contribution >= 0.6 is 0 Å². The molecule has 1 aliphatic heterocycles. The monoisotopic (exact) mass is 361 g/mol. The van der Waals surface area contributed by atoms with E-state index in [1.165, 1.54) is 0 Å².